The molecule has 1 amide bonds. The maximum absolute atomic E-state index is 12.2. The Morgan fingerprint density at radius 2 is 1.75 bits per heavy atom. The highest BCUT2D eigenvalue weighted by Crippen LogP contribution is 2.23. The Balaban J connectivity index is 1.59. The Labute approximate surface area is 169 Å². The lowest BCUT2D eigenvalue weighted by molar-refractivity contribution is -0.118. The van der Waals surface area contributed by atoms with E-state index in [1.54, 1.807) is 7.11 Å². The van der Waals surface area contributed by atoms with Crippen LogP contribution in [0.4, 0.5) is 0 Å². The fraction of sp³-hybridized carbons (Fsp3) is 0.227. The molecule has 0 saturated carbocycles. The third-order valence-electron chi connectivity index (χ3n) is 4.14. The number of nitrogens with zero attached hydrogens (tertiary/aromatic N) is 2. The molecule has 6 heteroatoms. The van der Waals surface area contributed by atoms with E-state index in [4.69, 9.17) is 4.74 Å². The van der Waals surface area contributed by atoms with Gasteiger partial charge in [-0.1, -0.05) is 41.6 Å². The number of thioether (sulfide) groups is 1. The van der Waals surface area contributed by atoms with Crippen molar-refractivity contribution in [1.82, 2.24) is 15.3 Å². The van der Waals surface area contributed by atoms with Gasteiger partial charge in [0.05, 0.1) is 12.9 Å². The van der Waals surface area contributed by atoms with Gasteiger partial charge in [-0.15, -0.1) is 0 Å². The van der Waals surface area contributed by atoms with E-state index in [-0.39, 0.29) is 5.91 Å². The lowest BCUT2D eigenvalue weighted by atomic mass is 10.1. The van der Waals surface area contributed by atoms with Crippen LogP contribution < -0.4 is 10.1 Å². The molecule has 28 heavy (non-hydrogen) atoms. The van der Waals surface area contributed by atoms with Crippen LogP contribution in [0, 0.1) is 13.8 Å². The lowest BCUT2D eigenvalue weighted by Crippen LogP contribution is -2.24. The van der Waals surface area contributed by atoms with Crippen LogP contribution in [-0.4, -0.2) is 28.7 Å². The van der Waals surface area contributed by atoms with Gasteiger partial charge < -0.3 is 10.1 Å². The number of hydrogen-bond donors (Lipinski definition) is 1. The molecule has 0 bridgehead atoms. The van der Waals surface area contributed by atoms with E-state index in [0.717, 1.165) is 27.6 Å². The first kappa shape index (κ1) is 19.9. The van der Waals surface area contributed by atoms with Crippen molar-refractivity contribution in [2.45, 2.75) is 25.4 Å². The number of carbonyl (C=O) groups is 1. The van der Waals surface area contributed by atoms with E-state index in [1.807, 2.05) is 68.4 Å². The molecule has 0 aliphatic carbocycles. The number of nitrogens with one attached hydrogen (secondary N) is 1. The van der Waals surface area contributed by atoms with Gasteiger partial charge >= 0.3 is 0 Å². The molecule has 1 aromatic heterocycles. The molecule has 3 rings (SSSR count). The van der Waals surface area contributed by atoms with Gasteiger partial charge in [-0.25, -0.2) is 9.97 Å². The van der Waals surface area contributed by atoms with Crippen LogP contribution in [0.25, 0.3) is 11.4 Å². The van der Waals surface area contributed by atoms with Crippen molar-refractivity contribution in [3.8, 4) is 17.1 Å². The SMILES string of the molecule is COc1ccc(-c2nc(C)cc(SCC(=O)NCc3ccc(C)cc3)n2)cc1. The van der Waals surface area contributed by atoms with Crippen molar-refractivity contribution in [1.29, 1.82) is 0 Å². The van der Waals surface area contributed by atoms with Crippen molar-refractivity contribution in [3.05, 3.63) is 71.4 Å². The highest BCUT2D eigenvalue weighted by atomic mass is 32.2. The number of benzene rings is 2. The molecule has 0 aliphatic rings. The summed E-state index contributed by atoms with van der Waals surface area (Å²) in [4.78, 5) is 21.3. The zero-order valence-electron chi connectivity index (χ0n) is 16.2. The monoisotopic (exact) mass is 393 g/mol. The van der Waals surface area contributed by atoms with E-state index in [9.17, 15) is 4.79 Å². The highest BCUT2D eigenvalue weighted by Gasteiger charge is 2.09. The number of aryl methyl sites for hydroxylation is 2. The fourth-order valence-electron chi connectivity index (χ4n) is 2.58. The zero-order valence-corrected chi connectivity index (χ0v) is 17.0. The average Bonchev–Trinajstić information content (AvgIpc) is 2.71. The van der Waals surface area contributed by atoms with Crippen LogP contribution in [0.2, 0.25) is 0 Å². The summed E-state index contributed by atoms with van der Waals surface area (Å²) in [6, 6.07) is 17.6. The van der Waals surface area contributed by atoms with Crippen LogP contribution in [0.1, 0.15) is 16.8 Å². The van der Waals surface area contributed by atoms with Gasteiger partial charge in [-0.2, -0.15) is 0 Å². The minimum absolute atomic E-state index is 0.0205. The number of carbonyl (C=O) groups excluding carboxylic acids is 1. The first-order valence-corrected chi connectivity index (χ1v) is 9.97. The second-order valence-corrected chi connectivity index (χ2v) is 7.45. The van der Waals surface area contributed by atoms with Gasteiger partial charge in [-0.05, 0) is 49.7 Å². The normalized spacial score (nSPS) is 10.5. The quantitative estimate of drug-likeness (QED) is 0.482. The van der Waals surface area contributed by atoms with E-state index >= 15 is 0 Å². The smallest absolute Gasteiger partial charge is 0.230 e. The highest BCUT2D eigenvalue weighted by molar-refractivity contribution is 7.99. The summed E-state index contributed by atoms with van der Waals surface area (Å²) in [5, 5.41) is 3.73. The van der Waals surface area contributed by atoms with Gasteiger partial charge in [-0.3, -0.25) is 4.79 Å². The molecule has 144 valence electrons. The minimum atomic E-state index is -0.0205. The topological polar surface area (TPSA) is 64.1 Å². The fourth-order valence-corrected chi connectivity index (χ4v) is 3.37. The molecule has 0 unspecified atom stereocenters. The number of methoxy groups -OCH3 is 1. The largest absolute Gasteiger partial charge is 0.497 e. The van der Waals surface area contributed by atoms with Gasteiger partial charge in [0.1, 0.15) is 10.8 Å². The first-order valence-electron chi connectivity index (χ1n) is 8.98. The third-order valence-corrected chi connectivity index (χ3v) is 5.05. The van der Waals surface area contributed by atoms with E-state index in [2.05, 4.69) is 15.3 Å². The molecule has 0 saturated heterocycles. The molecule has 0 radical (unpaired) electrons. The molecule has 1 heterocycles. The van der Waals surface area contributed by atoms with Gasteiger partial charge in [0, 0.05) is 17.8 Å². The molecule has 0 spiro atoms. The van der Waals surface area contributed by atoms with Gasteiger partial charge in [0.25, 0.3) is 0 Å². The van der Waals surface area contributed by atoms with Crippen molar-refractivity contribution < 1.29 is 9.53 Å². The van der Waals surface area contributed by atoms with E-state index < -0.39 is 0 Å². The van der Waals surface area contributed by atoms with Crippen molar-refractivity contribution in [2.75, 3.05) is 12.9 Å². The summed E-state index contributed by atoms with van der Waals surface area (Å²) >= 11 is 1.41. The summed E-state index contributed by atoms with van der Waals surface area (Å²) in [6.45, 7) is 4.50. The van der Waals surface area contributed by atoms with Crippen LogP contribution >= 0.6 is 11.8 Å². The zero-order chi connectivity index (χ0) is 19.9. The molecule has 3 aromatic rings. The standard InChI is InChI=1S/C22H23N3O2S/c1-15-4-6-17(7-5-15)13-23-20(26)14-28-21-12-16(2)24-22(25-21)18-8-10-19(27-3)11-9-18/h4-12H,13-14H2,1-3H3,(H,23,26). The molecule has 5 nitrogen and oxygen atoms in total. The van der Waals surface area contributed by atoms with Crippen molar-refractivity contribution in [2.24, 2.45) is 0 Å². The van der Waals surface area contributed by atoms with Gasteiger partial charge in [0.2, 0.25) is 5.91 Å². The second kappa shape index (κ2) is 9.37. The Hall–Kier alpha value is -2.86. The number of hydrogen-bond acceptors (Lipinski definition) is 5. The molecule has 0 atom stereocenters. The Kier molecular flexibility index (Phi) is 6.66. The lowest BCUT2D eigenvalue weighted by Gasteiger charge is -2.08. The number of ether oxygens (including phenoxy) is 1. The predicted octanol–water partition coefficient (Wildman–Crippen LogP) is 4.18. The minimum Gasteiger partial charge on any atom is -0.497 e. The average molecular weight is 394 g/mol. The summed E-state index contributed by atoms with van der Waals surface area (Å²) in [6.07, 6.45) is 0. The summed E-state index contributed by atoms with van der Waals surface area (Å²) in [5.41, 5.74) is 4.07. The van der Waals surface area contributed by atoms with Crippen LogP contribution in [0.15, 0.2) is 59.6 Å². The predicted molar refractivity (Wildman–Crippen MR) is 113 cm³/mol. The van der Waals surface area contributed by atoms with E-state index in [0.29, 0.717) is 18.1 Å². The molecule has 0 aliphatic heterocycles. The molecule has 2 aromatic carbocycles. The van der Waals surface area contributed by atoms with Crippen molar-refractivity contribution in [3.63, 3.8) is 0 Å². The van der Waals surface area contributed by atoms with Gasteiger partial charge in [0.15, 0.2) is 5.82 Å². The second-order valence-electron chi connectivity index (χ2n) is 6.45. The van der Waals surface area contributed by atoms with Crippen LogP contribution in [0.3, 0.4) is 0 Å². The molecule has 1 N–H and O–H groups in total. The third kappa shape index (κ3) is 5.57. The number of rotatable bonds is 7. The van der Waals surface area contributed by atoms with Crippen molar-refractivity contribution >= 4 is 17.7 Å². The maximum Gasteiger partial charge on any atom is 0.230 e. The first-order chi connectivity index (χ1) is 13.5. The maximum atomic E-state index is 12.2. The molecule has 0 fully saturated rings. The number of amides is 1. The van der Waals surface area contributed by atoms with E-state index in [1.165, 1.54) is 17.3 Å². The molecular formula is C22H23N3O2S. The van der Waals surface area contributed by atoms with Crippen LogP contribution in [-0.2, 0) is 11.3 Å². The summed E-state index contributed by atoms with van der Waals surface area (Å²) < 4.78 is 5.19. The Morgan fingerprint density at radius 1 is 1.04 bits per heavy atom. The summed E-state index contributed by atoms with van der Waals surface area (Å²) in [5.74, 6) is 1.72. The summed E-state index contributed by atoms with van der Waals surface area (Å²) in [7, 11) is 1.64. The Morgan fingerprint density at radius 3 is 2.43 bits per heavy atom. The number of aromatic nitrogens is 2. The van der Waals surface area contributed by atoms with Crippen LogP contribution in [0.5, 0.6) is 5.75 Å². The molecular weight excluding hydrogens is 370 g/mol. The Bertz CT molecular complexity index is 941.